The van der Waals surface area contributed by atoms with Crippen LogP contribution in [0.5, 0.6) is 0 Å². The summed E-state index contributed by atoms with van der Waals surface area (Å²) in [6, 6.07) is 5.33. The quantitative estimate of drug-likeness (QED) is 0.381. The molecule has 2 aromatic heterocycles. The lowest BCUT2D eigenvalue weighted by Crippen LogP contribution is -2.54. The minimum absolute atomic E-state index is 0.127. The molecule has 2 aliphatic heterocycles. The first-order valence-electron chi connectivity index (χ1n) is 12.9. The number of likely N-dealkylation sites (tertiary alicyclic amines) is 1. The van der Waals surface area contributed by atoms with Crippen LogP contribution in [0.15, 0.2) is 18.2 Å². The lowest BCUT2D eigenvalue weighted by Gasteiger charge is -2.46. The third kappa shape index (κ3) is 5.54. The molecule has 5 rings (SSSR count). The van der Waals surface area contributed by atoms with Crippen LogP contribution >= 0.6 is 23.2 Å². The topological polar surface area (TPSA) is 89.3 Å². The fourth-order valence-electron chi connectivity index (χ4n) is 5.53. The van der Waals surface area contributed by atoms with E-state index in [4.69, 9.17) is 37.9 Å². The van der Waals surface area contributed by atoms with Gasteiger partial charge in [0, 0.05) is 36.1 Å². The van der Waals surface area contributed by atoms with Crippen molar-refractivity contribution in [1.29, 1.82) is 0 Å². The zero-order chi connectivity index (χ0) is 26.1. The van der Waals surface area contributed by atoms with Crippen LogP contribution in [0.4, 0.5) is 5.95 Å². The summed E-state index contributed by atoms with van der Waals surface area (Å²) in [5.41, 5.74) is 3.14. The highest BCUT2D eigenvalue weighted by molar-refractivity contribution is 6.35. The molecule has 4 heterocycles. The van der Waals surface area contributed by atoms with E-state index >= 15 is 0 Å². The van der Waals surface area contributed by atoms with Crippen LogP contribution in [0.3, 0.4) is 0 Å². The molecule has 3 aromatic rings. The zero-order valence-corrected chi connectivity index (χ0v) is 23.0. The molecule has 1 aromatic carbocycles. The number of nitrogens with zero attached hydrogens (tertiary/aromatic N) is 7. The highest BCUT2D eigenvalue weighted by Gasteiger charge is 2.37. The number of piperidine rings is 1. The Bertz CT molecular complexity index is 1280. The van der Waals surface area contributed by atoms with E-state index in [0.717, 1.165) is 56.4 Å². The molecule has 198 valence electrons. The summed E-state index contributed by atoms with van der Waals surface area (Å²) in [7, 11) is 1.45. The monoisotopic (exact) mass is 545 g/mol. The zero-order valence-electron chi connectivity index (χ0n) is 21.5. The van der Waals surface area contributed by atoms with Crippen molar-refractivity contribution in [3.63, 3.8) is 0 Å². The Morgan fingerprint density at radius 2 is 2.00 bits per heavy atom. The summed E-state index contributed by atoms with van der Waals surface area (Å²) in [4.78, 5) is 25.8. The Morgan fingerprint density at radius 3 is 2.76 bits per heavy atom. The number of ether oxygens (including phenoxy) is 1. The van der Waals surface area contributed by atoms with E-state index in [1.165, 1.54) is 20.0 Å². The predicted octanol–water partition coefficient (Wildman–Crippen LogP) is 4.55. The van der Waals surface area contributed by atoms with Gasteiger partial charge in [0.05, 0.1) is 18.8 Å². The van der Waals surface area contributed by atoms with Gasteiger partial charge in [-0.15, -0.1) is 5.10 Å². The highest BCUT2D eigenvalue weighted by Crippen LogP contribution is 2.34. The number of carbonyl (C=O) groups excluding carboxylic acids is 1. The number of rotatable bonds is 8. The van der Waals surface area contributed by atoms with E-state index in [2.05, 4.69) is 20.1 Å². The largest absolute Gasteiger partial charge is 0.469 e. The Balaban J connectivity index is 1.25. The predicted molar refractivity (Wildman–Crippen MR) is 144 cm³/mol. The van der Waals surface area contributed by atoms with Gasteiger partial charge in [-0.25, -0.2) is 9.67 Å². The van der Waals surface area contributed by atoms with Crippen LogP contribution in [0.2, 0.25) is 10.0 Å². The molecule has 0 spiro atoms. The summed E-state index contributed by atoms with van der Waals surface area (Å²) in [5.74, 6) is 1.88. The van der Waals surface area contributed by atoms with E-state index in [1.54, 1.807) is 6.07 Å². The van der Waals surface area contributed by atoms with Crippen molar-refractivity contribution >= 4 is 46.3 Å². The second kappa shape index (κ2) is 11.1. The lowest BCUT2D eigenvalue weighted by molar-refractivity contribution is -0.140. The summed E-state index contributed by atoms with van der Waals surface area (Å²) in [6.45, 7) is 9.04. The number of benzene rings is 1. The Morgan fingerprint density at radius 1 is 1.19 bits per heavy atom. The fourth-order valence-corrected chi connectivity index (χ4v) is 6.09. The van der Waals surface area contributed by atoms with Gasteiger partial charge in [0.2, 0.25) is 5.95 Å². The van der Waals surface area contributed by atoms with Crippen LogP contribution in [-0.2, 0) is 9.53 Å². The molecule has 0 N–H and O–H groups in total. The molecule has 37 heavy (non-hydrogen) atoms. The van der Waals surface area contributed by atoms with Crippen LogP contribution in [0.25, 0.3) is 11.2 Å². The minimum atomic E-state index is -0.159. The maximum absolute atomic E-state index is 11.4. The average molecular weight is 547 g/mol. The van der Waals surface area contributed by atoms with Crippen molar-refractivity contribution in [3.05, 3.63) is 39.5 Å². The molecule has 11 heteroatoms. The number of carbonyl (C=O) groups is 1. The summed E-state index contributed by atoms with van der Waals surface area (Å²) >= 11 is 12.6. The van der Waals surface area contributed by atoms with Gasteiger partial charge in [0.25, 0.3) is 0 Å². The van der Waals surface area contributed by atoms with E-state index in [-0.39, 0.29) is 12.0 Å². The third-order valence-electron chi connectivity index (χ3n) is 7.75. The summed E-state index contributed by atoms with van der Waals surface area (Å²) in [6.07, 6.45) is 3.80. The smallest absolute Gasteiger partial charge is 0.305 e. The molecule has 2 aliphatic rings. The van der Waals surface area contributed by atoms with E-state index in [9.17, 15) is 4.79 Å². The Labute approximate surface area is 227 Å². The minimum Gasteiger partial charge on any atom is -0.469 e. The van der Waals surface area contributed by atoms with Crippen molar-refractivity contribution in [2.45, 2.75) is 45.6 Å². The van der Waals surface area contributed by atoms with Crippen LogP contribution < -0.4 is 4.90 Å². The van der Waals surface area contributed by atoms with Gasteiger partial charge < -0.3 is 14.5 Å². The molecule has 2 saturated heterocycles. The number of methoxy groups -OCH3 is 1. The SMILES string of the molecule is COC(=O)CCCN1CCC[C@H](C2CN(c3nc(C)c4nnn([C@H](C)c5ccc(Cl)cc5Cl)c4n3)C2)C1. The number of halogens is 2. The van der Waals surface area contributed by atoms with Gasteiger partial charge in [0.1, 0.15) is 0 Å². The first-order chi connectivity index (χ1) is 17.8. The van der Waals surface area contributed by atoms with E-state index in [1.807, 2.05) is 30.7 Å². The van der Waals surface area contributed by atoms with Crippen LogP contribution in [0, 0.1) is 18.8 Å². The lowest BCUT2D eigenvalue weighted by atomic mass is 9.80. The van der Waals surface area contributed by atoms with Crippen molar-refractivity contribution < 1.29 is 9.53 Å². The molecular formula is C26H33Cl2N7O2. The van der Waals surface area contributed by atoms with Gasteiger partial charge in [-0.1, -0.05) is 34.5 Å². The number of esters is 1. The van der Waals surface area contributed by atoms with Crippen molar-refractivity contribution in [1.82, 2.24) is 29.9 Å². The third-order valence-corrected chi connectivity index (χ3v) is 8.31. The standard InChI is InChI=1S/C26H33Cl2N7O2/c1-16-24-25(35(32-31-24)17(2)21-9-8-20(27)12-22(21)28)30-26(29-16)34-14-19(15-34)18-6-4-10-33(13-18)11-5-7-23(36)37-3/h8-9,12,17-19H,4-7,10-11,13-15H2,1-3H3/t17-,18+/m1/s1. The first kappa shape index (κ1) is 26.1. The number of aromatic nitrogens is 5. The second-order valence-corrected chi connectivity index (χ2v) is 11.0. The Kier molecular flexibility index (Phi) is 7.83. The summed E-state index contributed by atoms with van der Waals surface area (Å²) < 4.78 is 6.58. The molecule has 0 saturated carbocycles. The van der Waals surface area contributed by atoms with Crippen molar-refractivity contribution in [3.8, 4) is 0 Å². The number of anilines is 1. The molecule has 9 nitrogen and oxygen atoms in total. The number of fused-ring (bicyclic) bond motifs is 1. The second-order valence-electron chi connectivity index (χ2n) is 10.2. The molecule has 0 unspecified atom stereocenters. The Hall–Kier alpha value is -2.49. The van der Waals surface area contributed by atoms with Crippen LogP contribution in [0.1, 0.15) is 49.9 Å². The number of hydrogen-bond donors (Lipinski definition) is 0. The molecule has 2 atom stereocenters. The maximum atomic E-state index is 11.4. The van der Waals surface area contributed by atoms with Crippen molar-refractivity contribution in [2.24, 2.45) is 11.8 Å². The molecule has 0 bridgehead atoms. The van der Waals surface area contributed by atoms with Crippen molar-refractivity contribution in [2.75, 3.05) is 44.7 Å². The van der Waals surface area contributed by atoms with E-state index in [0.29, 0.717) is 39.5 Å². The average Bonchev–Trinajstić information content (AvgIpc) is 3.28. The van der Waals surface area contributed by atoms with Gasteiger partial charge in [-0.05, 0) is 75.7 Å². The molecule has 0 amide bonds. The maximum Gasteiger partial charge on any atom is 0.305 e. The molecule has 0 aliphatic carbocycles. The highest BCUT2D eigenvalue weighted by atomic mass is 35.5. The molecule has 2 fully saturated rings. The summed E-state index contributed by atoms with van der Waals surface area (Å²) in [5, 5.41) is 9.94. The van der Waals surface area contributed by atoms with Gasteiger partial charge >= 0.3 is 5.97 Å². The molecule has 0 radical (unpaired) electrons. The fraction of sp³-hybridized carbons (Fsp3) is 0.577. The van der Waals surface area contributed by atoms with Gasteiger partial charge in [0.15, 0.2) is 11.2 Å². The molecular weight excluding hydrogens is 513 g/mol. The van der Waals surface area contributed by atoms with Gasteiger partial charge in [-0.3, -0.25) is 4.79 Å². The van der Waals surface area contributed by atoms with Gasteiger partial charge in [-0.2, -0.15) is 4.98 Å². The normalized spacial score (nSPS) is 19.7. The number of aryl methyl sites for hydroxylation is 1. The van der Waals surface area contributed by atoms with Crippen LogP contribution in [-0.4, -0.2) is 75.7 Å². The van der Waals surface area contributed by atoms with E-state index < -0.39 is 0 Å². The number of hydrogen-bond acceptors (Lipinski definition) is 8. The first-order valence-corrected chi connectivity index (χ1v) is 13.7.